The largest absolute Gasteiger partial charge is 0.507 e. The SMILES string of the molecule is CN1CCN([C@@H]2C[C@H]3CCC[C@@H](C2)N3)c2nnc(-c3ccc(-c4cnn(C)c4)cc3O)cc21. The lowest BCUT2D eigenvalue weighted by atomic mass is 9.83. The molecule has 0 aliphatic carbocycles. The van der Waals surface area contributed by atoms with E-state index in [2.05, 4.69) is 38.4 Å². The van der Waals surface area contributed by atoms with Crippen molar-refractivity contribution in [3.05, 3.63) is 36.7 Å². The average molecular weight is 446 g/mol. The van der Waals surface area contributed by atoms with Crippen molar-refractivity contribution < 1.29 is 5.11 Å². The minimum Gasteiger partial charge on any atom is -0.507 e. The summed E-state index contributed by atoms with van der Waals surface area (Å²) in [5, 5.41) is 28.1. The molecule has 0 radical (unpaired) electrons. The van der Waals surface area contributed by atoms with Crippen molar-refractivity contribution in [1.82, 2.24) is 25.3 Å². The molecule has 2 saturated heterocycles. The van der Waals surface area contributed by atoms with Crippen LogP contribution < -0.4 is 15.1 Å². The second-order valence-electron chi connectivity index (χ2n) is 9.80. The molecule has 3 atom stereocenters. The van der Waals surface area contributed by atoms with Gasteiger partial charge in [0.2, 0.25) is 0 Å². The Morgan fingerprint density at radius 3 is 2.55 bits per heavy atom. The quantitative estimate of drug-likeness (QED) is 0.641. The van der Waals surface area contributed by atoms with Crippen molar-refractivity contribution in [3.63, 3.8) is 0 Å². The Labute approximate surface area is 194 Å². The highest BCUT2D eigenvalue weighted by Gasteiger charge is 2.37. The topological polar surface area (TPSA) is 82.3 Å². The molecule has 33 heavy (non-hydrogen) atoms. The maximum absolute atomic E-state index is 10.8. The molecule has 2 bridgehead atoms. The summed E-state index contributed by atoms with van der Waals surface area (Å²) in [7, 11) is 4.00. The summed E-state index contributed by atoms with van der Waals surface area (Å²) in [6.45, 7) is 1.94. The summed E-state index contributed by atoms with van der Waals surface area (Å²) in [6, 6.07) is 9.55. The van der Waals surface area contributed by atoms with Gasteiger partial charge in [0.05, 0.1) is 17.6 Å². The van der Waals surface area contributed by atoms with Crippen molar-refractivity contribution in [2.75, 3.05) is 29.9 Å². The standard InChI is InChI=1S/C25H31N7O/c1-30-8-9-32(20-11-18-4-3-5-19(12-20)27-18)25-23(30)13-22(28-29-25)21-7-6-16(10-24(21)33)17-14-26-31(2)15-17/h6-7,10,13-15,18-20,27,33H,3-5,8-9,11-12H2,1-2H3/t18-,19+,20-. The van der Waals surface area contributed by atoms with E-state index in [0.717, 1.165) is 35.7 Å². The molecule has 3 aliphatic rings. The van der Waals surface area contributed by atoms with Crippen LogP contribution >= 0.6 is 0 Å². The van der Waals surface area contributed by atoms with Crippen LogP contribution in [0.4, 0.5) is 11.5 Å². The lowest BCUT2D eigenvalue weighted by Gasteiger charge is -2.47. The number of anilines is 2. The van der Waals surface area contributed by atoms with Gasteiger partial charge in [0.15, 0.2) is 5.82 Å². The number of hydrogen-bond acceptors (Lipinski definition) is 7. The normalized spacial score (nSPS) is 24.6. The Balaban J connectivity index is 1.31. The molecule has 8 nitrogen and oxygen atoms in total. The second-order valence-corrected chi connectivity index (χ2v) is 9.80. The fraction of sp³-hybridized carbons (Fsp3) is 0.480. The molecule has 0 saturated carbocycles. The summed E-state index contributed by atoms with van der Waals surface area (Å²) in [5.41, 5.74) is 4.37. The summed E-state index contributed by atoms with van der Waals surface area (Å²) < 4.78 is 1.76. The Kier molecular flexibility index (Phi) is 4.98. The van der Waals surface area contributed by atoms with Crippen LogP contribution in [0.1, 0.15) is 32.1 Å². The van der Waals surface area contributed by atoms with Gasteiger partial charge in [-0.15, -0.1) is 10.2 Å². The van der Waals surface area contributed by atoms with E-state index in [1.54, 1.807) is 16.9 Å². The maximum Gasteiger partial charge on any atom is 0.175 e. The molecule has 1 aromatic carbocycles. The predicted octanol–water partition coefficient (Wildman–Crippen LogP) is 3.18. The molecule has 172 valence electrons. The number of nitrogens with zero attached hydrogens (tertiary/aromatic N) is 6. The Hall–Kier alpha value is -3.13. The number of hydrogen-bond donors (Lipinski definition) is 2. The molecule has 2 aromatic heterocycles. The number of aromatic nitrogens is 4. The van der Waals surface area contributed by atoms with Crippen LogP contribution in [0.5, 0.6) is 5.75 Å². The molecule has 6 rings (SSSR count). The molecule has 2 fully saturated rings. The van der Waals surface area contributed by atoms with E-state index in [-0.39, 0.29) is 5.75 Å². The average Bonchev–Trinajstić information content (AvgIpc) is 3.25. The first kappa shape index (κ1) is 20.5. The minimum atomic E-state index is 0.201. The number of rotatable bonds is 3. The number of piperidine rings is 2. The number of benzene rings is 1. The number of phenolic OH excluding ortho intramolecular Hbond substituents is 1. The summed E-state index contributed by atoms with van der Waals surface area (Å²) in [6.07, 6.45) is 10.0. The van der Waals surface area contributed by atoms with Crippen LogP contribution in [-0.4, -0.2) is 63.3 Å². The van der Waals surface area contributed by atoms with E-state index >= 15 is 0 Å². The number of aryl methyl sites for hydroxylation is 1. The van der Waals surface area contributed by atoms with Gasteiger partial charge in [-0.2, -0.15) is 5.10 Å². The molecule has 3 aromatic rings. The molecular formula is C25H31N7O. The number of nitrogens with one attached hydrogen (secondary N) is 1. The molecule has 3 aliphatic heterocycles. The van der Waals surface area contributed by atoms with Gasteiger partial charge >= 0.3 is 0 Å². The van der Waals surface area contributed by atoms with Crippen molar-refractivity contribution in [2.45, 2.75) is 50.2 Å². The minimum absolute atomic E-state index is 0.201. The van der Waals surface area contributed by atoms with Crippen LogP contribution in [-0.2, 0) is 7.05 Å². The highest BCUT2D eigenvalue weighted by atomic mass is 16.3. The van der Waals surface area contributed by atoms with Crippen molar-refractivity contribution in [2.24, 2.45) is 7.05 Å². The van der Waals surface area contributed by atoms with E-state index in [0.29, 0.717) is 29.4 Å². The van der Waals surface area contributed by atoms with E-state index in [1.807, 2.05) is 25.4 Å². The lowest BCUT2D eigenvalue weighted by molar-refractivity contribution is 0.216. The lowest BCUT2D eigenvalue weighted by Crippen LogP contribution is -2.57. The van der Waals surface area contributed by atoms with E-state index in [1.165, 1.54) is 32.1 Å². The molecule has 0 amide bonds. The predicted molar refractivity (Wildman–Crippen MR) is 130 cm³/mol. The van der Waals surface area contributed by atoms with Crippen molar-refractivity contribution >= 4 is 11.5 Å². The van der Waals surface area contributed by atoms with Crippen LogP contribution in [0.3, 0.4) is 0 Å². The first-order valence-electron chi connectivity index (χ1n) is 12.0. The Morgan fingerprint density at radius 1 is 1.00 bits per heavy atom. The van der Waals surface area contributed by atoms with Crippen molar-refractivity contribution in [1.29, 1.82) is 0 Å². The zero-order valence-corrected chi connectivity index (χ0v) is 19.3. The maximum atomic E-state index is 10.8. The molecule has 2 N–H and O–H groups in total. The third-order valence-electron chi connectivity index (χ3n) is 7.56. The molecule has 0 unspecified atom stereocenters. The summed E-state index contributed by atoms with van der Waals surface area (Å²) in [5.74, 6) is 1.18. The van der Waals surface area contributed by atoms with Crippen molar-refractivity contribution in [3.8, 4) is 28.1 Å². The van der Waals surface area contributed by atoms with Gasteiger partial charge in [0, 0.05) is 62.6 Å². The molecule has 0 spiro atoms. The fourth-order valence-corrected chi connectivity index (χ4v) is 5.82. The number of aromatic hydroxyl groups is 1. The van der Waals surface area contributed by atoms with E-state index in [4.69, 9.17) is 5.10 Å². The Bertz CT molecular complexity index is 1160. The van der Waals surface area contributed by atoms with Gasteiger partial charge in [-0.25, -0.2) is 0 Å². The van der Waals surface area contributed by atoms with E-state index in [9.17, 15) is 5.11 Å². The third kappa shape index (κ3) is 3.72. The van der Waals surface area contributed by atoms with Gasteiger partial charge in [-0.3, -0.25) is 4.68 Å². The van der Waals surface area contributed by atoms with Gasteiger partial charge in [0.1, 0.15) is 5.75 Å². The number of phenols is 1. The monoisotopic (exact) mass is 445 g/mol. The highest BCUT2D eigenvalue weighted by Crippen LogP contribution is 2.39. The fourth-order valence-electron chi connectivity index (χ4n) is 5.82. The third-order valence-corrected chi connectivity index (χ3v) is 7.56. The molecule has 5 heterocycles. The molecular weight excluding hydrogens is 414 g/mol. The van der Waals surface area contributed by atoms with Crippen LogP contribution in [0.15, 0.2) is 36.7 Å². The first-order valence-corrected chi connectivity index (χ1v) is 12.0. The van der Waals surface area contributed by atoms with Crippen LogP contribution in [0, 0.1) is 0 Å². The number of likely N-dealkylation sites (N-methyl/N-ethyl adjacent to an activating group) is 1. The van der Waals surface area contributed by atoms with Crippen LogP contribution in [0.2, 0.25) is 0 Å². The van der Waals surface area contributed by atoms with Gasteiger partial charge < -0.3 is 20.2 Å². The first-order chi connectivity index (χ1) is 16.0. The zero-order valence-electron chi connectivity index (χ0n) is 19.3. The highest BCUT2D eigenvalue weighted by molar-refractivity contribution is 5.79. The van der Waals surface area contributed by atoms with Gasteiger partial charge in [0.25, 0.3) is 0 Å². The summed E-state index contributed by atoms with van der Waals surface area (Å²) >= 11 is 0. The van der Waals surface area contributed by atoms with E-state index < -0.39 is 0 Å². The zero-order chi connectivity index (χ0) is 22.5. The van der Waals surface area contributed by atoms with Crippen LogP contribution in [0.25, 0.3) is 22.4 Å². The number of fused-ring (bicyclic) bond motifs is 3. The Morgan fingerprint density at radius 2 is 1.82 bits per heavy atom. The smallest absolute Gasteiger partial charge is 0.175 e. The second kappa shape index (κ2) is 8.02. The van der Waals surface area contributed by atoms with Gasteiger partial charge in [-0.1, -0.05) is 12.5 Å². The summed E-state index contributed by atoms with van der Waals surface area (Å²) in [4.78, 5) is 4.75. The molecule has 8 heteroatoms. The van der Waals surface area contributed by atoms with Gasteiger partial charge in [-0.05, 0) is 49.4 Å².